The summed E-state index contributed by atoms with van der Waals surface area (Å²) in [6.45, 7) is 1.85. The summed E-state index contributed by atoms with van der Waals surface area (Å²) in [6.07, 6.45) is 0.0947. The van der Waals surface area contributed by atoms with Gasteiger partial charge in [0, 0.05) is 13.5 Å². The third kappa shape index (κ3) is 5.31. The lowest BCUT2D eigenvalue weighted by molar-refractivity contribution is -0.114. The molecule has 0 unspecified atom stereocenters. The van der Waals surface area contributed by atoms with Gasteiger partial charge >= 0.3 is 6.09 Å². The average molecular weight is 328 g/mol. The number of methoxy groups -OCH3 is 1. The summed E-state index contributed by atoms with van der Waals surface area (Å²) in [5.41, 5.74) is 1.56. The van der Waals surface area contributed by atoms with Crippen molar-refractivity contribution in [2.45, 2.75) is 13.3 Å². The third-order valence-electron chi connectivity index (χ3n) is 3.21. The Morgan fingerprint density at radius 1 is 1.08 bits per heavy atom. The highest BCUT2D eigenvalue weighted by Gasteiger charge is 2.07. The van der Waals surface area contributed by atoms with Crippen molar-refractivity contribution in [2.24, 2.45) is 0 Å². The molecular weight excluding hydrogens is 308 g/mol. The van der Waals surface area contributed by atoms with Crippen molar-refractivity contribution >= 4 is 17.7 Å². The minimum absolute atomic E-state index is 0.171. The highest BCUT2D eigenvalue weighted by molar-refractivity contribution is 5.90. The minimum atomic E-state index is -0.503. The molecule has 0 aromatic heterocycles. The lowest BCUT2D eigenvalue weighted by Crippen LogP contribution is -2.28. The second kappa shape index (κ2) is 8.57. The number of hydrogen-bond acceptors (Lipinski definition) is 4. The van der Waals surface area contributed by atoms with Crippen LogP contribution in [0.15, 0.2) is 48.5 Å². The molecule has 0 saturated carbocycles. The fourth-order valence-electron chi connectivity index (χ4n) is 2.14. The predicted molar refractivity (Wildman–Crippen MR) is 91.5 cm³/mol. The molecule has 0 radical (unpaired) electrons. The molecule has 6 heteroatoms. The molecule has 126 valence electrons. The number of rotatable bonds is 6. The molecule has 6 nitrogen and oxygen atoms in total. The van der Waals surface area contributed by atoms with Gasteiger partial charge in [-0.2, -0.15) is 0 Å². The summed E-state index contributed by atoms with van der Waals surface area (Å²) in [7, 11) is 1.54. The Morgan fingerprint density at radius 2 is 1.83 bits per heavy atom. The van der Waals surface area contributed by atoms with Crippen molar-refractivity contribution in [3.05, 3.63) is 54.1 Å². The SMILES string of the molecule is COc1ccc(CCNC(=O)Oc2ccccc2)cc1NC(C)=O. The molecule has 2 rings (SSSR count). The van der Waals surface area contributed by atoms with Crippen molar-refractivity contribution in [3.63, 3.8) is 0 Å². The molecule has 0 heterocycles. The van der Waals surface area contributed by atoms with Crippen molar-refractivity contribution in [1.29, 1.82) is 0 Å². The Hall–Kier alpha value is -3.02. The molecule has 24 heavy (non-hydrogen) atoms. The van der Waals surface area contributed by atoms with E-state index in [4.69, 9.17) is 9.47 Å². The van der Waals surface area contributed by atoms with Gasteiger partial charge in [-0.1, -0.05) is 24.3 Å². The van der Waals surface area contributed by atoms with E-state index < -0.39 is 6.09 Å². The number of para-hydroxylation sites is 1. The first kappa shape index (κ1) is 17.3. The molecule has 0 atom stereocenters. The first-order valence-electron chi connectivity index (χ1n) is 7.53. The monoisotopic (exact) mass is 328 g/mol. The number of carbonyl (C=O) groups is 2. The molecule has 2 N–H and O–H groups in total. The molecular formula is C18H20N2O4. The zero-order valence-corrected chi connectivity index (χ0v) is 13.7. The lowest BCUT2D eigenvalue weighted by Gasteiger charge is -2.11. The van der Waals surface area contributed by atoms with Crippen LogP contribution in [0.1, 0.15) is 12.5 Å². The predicted octanol–water partition coefficient (Wildman–Crippen LogP) is 2.98. The van der Waals surface area contributed by atoms with E-state index in [1.54, 1.807) is 37.4 Å². The van der Waals surface area contributed by atoms with Gasteiger partial charge in [0.05, 0.1) is 12.8 Å². The normalized spacial score (nSPS) is 9.92. The van der Waals surface area contributed by atoms with Crippen molar-refractivity contribution in [2.75, 3.05) is 19.0 Å². The van der Waals surface area contributed by atoms with Crippen LogP contribution in [-0.4, -0.2) is 25.7 Å². The fourth-order valence-corrected chi connectivity index (χ4v) is 2.14. The number of hydrogen-bond donors (Lipinski definition) is 2. The van der Waals surface area contributed by atoms with Gasteiger partial charge in [0.15, 0.2) is 0 Å². The van der Waals surface area contributed by atoms with Crippen LogP contribution >= 0.6 is 0 Å². The van der Waals surface area contributed by atoms with Gasteiger partial charge in [-0.05, 0) is 36.2 Å². The summed E-state index contributed by atoms with van der Waals surface area (Å²) in [5.74, 6) is 0.910. The molecule has 0 bridgehead atoms. The quantitative estimate of drug-likeness (QED) is 0.855. The summed E-state index contributed by atoms with van der Waals surface area (Å²) >= 11 is 0. The Morgan fingerprint density at radius 3 is 2.50 bits per heavy atom. The molecule has 0 aliphatic heterocycles. The van der Waals surface area contributed by atoms with Crippen LogP contribution in [0.2, 0.25) is 0 Å². The van der Waals surface area contributed by atoms with E-state index in [2.05, 4.69) is 10.6 Å². The average Bonchev–Trinajstić information content (AvgIpc) is 2.55. The molecule has 0 fully saturated rings. The van der Waals surface area contributed by atoms with E-state index in [1.165, 1.54) is 6.92 Å². The zero-order valence-electron chi connectivity index (χ0n) is 13.7. The van der Waals surface area contributed by atoms with Crippen LogP contribution in [0.5, 0.6) is 11.5 Å². The van der Waals surface area contributed by atoms with Gasteiger partial charge in [-0.3, -0.25) is 4.79 Å². The first-order valence-corrected chi connectivity index (χ1v) is 7.53. The van der Waals surface area contributed by atoms with E-state index in [1.807, 2.05) is 18.2 Å². The number of nitrogens with one attached hydrogen (secondary N) is 2. The second-order valence-corrected chi connectivity index (χ2v) is 5.10. The summed E-state index contributed by atoms with van der Waals surface area (Å²) in [5, 5.41) is 5.41. The van der Waals surface area contributed by atoms with Crippen molar-refractivity contribution in [1.82, 2.24) is 5.32 Å². The maximum atomic E-state index is 11.7. The van der Waals surface area contributed by atoms with Gasteiger partial charge in [0.1, 0.15) is 11.5 Å². The van der Waals surface area contributed by atoms with Crippen LogP contribution in [-0.2, 0) is 11.2 Å². The van der Waals surface area contributed by atoms with E-state index in [9.17, 15) is 9.59 Å². The molecule has 0 aliphatic carbocycles. The topological polar surface area (TPSA) is 76.7 Å². The van der Waals surface area contributed by atoms with Crippen LogP contribution in [0, 0.1) is 0 Å². The third-order valence-corrected chi connectivity index (χ3v) is 3.21. The largest absolute Gasteiger partial charge is 0.495 e. The van der Waals surface area contributed by atoms with E-state index in [-0.39, 0.29) is 5.91 Å². The van der Waals surface area contributed by atoms with Gasteiger partial charge in [0.2, 0.25) is 5.91 Å². The van der Waals surface area contributed by atoms with Gasteiger partial charge in [0.25, 0.3) is 0 Å². The number of carbonyl (C=O) groups excluding carboxylic acids is 2. The molecule has 2 aromatic rings. The van der Waals surface area contributed by atoms with Crippen LogP contribution < -0.4 is 20.1 Å². The number of anilines is 1. The number of ether oxygens (including phenoxy) is 2. The summed E-state index contributed by atoms with van der Waals surface area (Å²) in [4.78, 5) is 22.9. The van der Waals surface area contributed by atoms with Crippen molar-refractivity contribution < 1.29 is 19.1 Å². The Kier molecular flexibility index (Phi) is 6.19. The van der Waals surface area contributed by atoms with E-state index in [0.29, 0.717) is 30.2 Å². The standard InChI is InChI=1S/C18H20N2O4/c1-13(21)20-16-12-14(8-9-17(16)23-2)10-11-19-18(22)24-15-6-4-3-5-7-15/h3-9,12H,10-11H2,1-2H3,(H,19,22)(H,20,21). The van der Waals surface area contributed by atoms with Gasteiger partial charge in [-0.25, -0.2) is 4.79 Å². The summed E-state index contributed by atoms with van der Waals surface area (Å²) < 4.78 is 10.3. The van der Waals surface area contributed by atoms with E-state index >= 15 is 0 Å². The van der Waals surface area contributed by atoms with Crippen LogP contribution in [0.25, 0.3) is 0 Å². The minimum Gasteiger partial charge on any atom is -0.495 e. The maximum absolute atomic E-state index is 11.7. The molecule has 0 aliphatic rings. The lowest BCUT2D eigenvalue weighted by atomic mass is 10.1. The van der Waals surface area contributed by atoms with Crippen LogP contribution in [0.4, 0.5) is 10.5 Å². The van der Waals surface area contributed by atoms with Crippen LogP contribution in [0.3, 0.4) is 0 Å². The molecule has 0 spiro atoms. The number of benzene rings is 2. The van der Waals surface area contributed by atoms with E-state index in [0.717, 1.165) is 5.56 Å². The Labute approximate surface area is 140 Å². The maximum Gasteiger partial charge on any atom is 0.412 e. The smallest absolute Gasteiger partial charge is 0.412 e. The fraction of sp³-hybridized carbons (Fsp3) is 0.222. The highest BCUT2D eigenvalue weighted by Crippen LogP contribution is 2.25. The molecule has 2 amide bonds. The number of amides is 2. The molecule has 2 aromatic carbocycles. The van der Waals surface area contributed by atoms with Gasteiger partial charge < -0.3 is 20.1 Å². The summed E-state index contributed by atoms with van der Waals surface area (Å²) in [6, 6.07) is 14.3. The molecule has 0 saturated heterocycles. The van der Waals surface area contributed by atoms with Crippen molar-refractivity contribution in [3.8, 4) is 11.5 Å². The Balaban J connectivity index is 1.87. The van der Waals surface area contributed by atoms with Gasteiger partial charge in [-0.15, -0.1) is 0 Å². The first-order chi connectivity index (χ1) is 11.6. The second-order valence-electron chi connectivity index (χ2n) is 5.10. The highest BCUT2D eigenvalue weighted by atomic mass is 16.6. The Bertz CT molecular complexity index is 701. The zero-order chi connectivity index (χ0) is 17.4.